The minimum absolute atomic E-state index is 0.772. The molecule has 2 aliphatic rings. The highest BCUT2D eigenvalue weighted by atomic mass is 32.2. The molecule has 2 heterocycles. The van der Waals surface area contributed by atoms with E-state index in [9.17, 15) is 0 Å². The Hall–Kier alpha value is -0.860. The van der Waals surface area contributed by atoms with Crippen LogP contribution in [0.2, 0.25) is 0 Å². The second kappa shape index (κ2) is 4.36. The Morgan fingerprint density at radius 3 is 1.22 bits per heavy atom. The molecular weight excluding hydrogens is 256 g/mol. The van der Waals surface area contributed by atoms with Crippen molar-refractivity contribution in [2.45, 2.75) is 10.5 Å². The lowest BCUT2D eigenvalue weighted by molar-refractivity contribution is 1.22. The molecule has 0 spiro atoms. The molecule has 2 saturated heterocycles. The van der Waals surface area contributed by atoms with E-state index in [1.165, 1.54) is 33.8 Å². The van der Waals surface area contributed by atoms with Crippen molar-refractivity contribution in [3.63, 3.8) is 0 Å². The third-order valence-corrected chi connectivity index (χ3v) is 5.44. The van der Waals surface area contributed by atoms with E-state index in [4.69, 9.17) is 0 Å². The first-order valence-electron chi connectivity index (χ1n) is 6.34. The van der Waals surface area contributed by atoms with Crippen LogP contribution in [0.25, 0.3) is 11.1 Å². The smallest absolute Gasteiger partial charge is 0.0388 e. The van der Waals surface area contributed by atoms with Gasteiger partial charge in [0, 0.05) is 22.0 Å². The fourth-order valence-corrected chi connectivity index (χ4v) is 3.54. The van der Waals surface area contributed by atoms with Crippen LogP contribution in [-0.2, 0) is 0 Å². The van der Waals surface area contributed by atoms with Gasteiger partial charge in [0.15, 0.2) is 0 Å². The molecule has 0 N–H and O–H groups in total. The van der Waals surface area contributed by atoms with Gasteiger partial charge < -0.3 is 0 Å². The molecular formula is C16H14S2. The molecule has 4 rings (SSSR count). The van der Waals surface area contributed by atoms with Gasteiger partial charge in [0.25, 0.3) is 0 Å². The third-order valence-electron chi connectivity index (χ3n) is 3.56. The molecule has 0 radical (unpaired) electrons. The van der Waals surface area contributed by atoms with Crippen molar-refractivity contribution in [1.82, 2.24) is 0 Å². The fraction of sp³-hybridized carbons (Fsp3) is 0.250. The van der Waals surface area contributed by atoms with E-state index >= 15 is 0 Å². The molecule has 0 aliphatic carbocycles. The van der Waals surface area contributed by atoms with E-state index < -0.39 is 0 Å². The van der Waals surface area contributed by atoms with Crippen LogP contribution >= 0.6 is 23.5 Å². The minimum atomic E-state index is 0.772. The highest BCUT2D eigenvalue weighted by molar-refractivity contribution is 8.06. The molecule has 90 valence electrons. The van der Waals surface area contributed by atoms with Crippen molar-refractivity contribution in [3.8, 4) is 11.1 Å². The maximum absolute atomic E-state index is 2.28. The summed E-state index contributed by atoms with van der Waals surface area (Å²) in [6, 6.07) is 18.2. The number of rotatable bonds is 3. The first kappa shape index (κ1) is 11.0. The molecule has 2 atom stereocenters. The summed E-state index contributed by atoms with van der Waals surface area (Å²) in [7, 11) is 0. The Balaban J connectivity index is 1.60. The van der Waals surface area contributed by atoms with Gasteiger partial charge in [-0.15, -0.1) is 0 Å². The number of thioether (sulfide) groups is 2. The summed E-state index contributed by atoms with van der Waals surface area (Å²) in [5.74, 6) is 2.60. The summed E-state index contributed by atoms with van der Waals surface area (Å²) in [6.07, 6.45) is 0. The summed E-state index contributed by atoms with van der Waals surface area (Å²) in [6.45, 7) is 0. The third kappa shape index (κ3) is 2.19. The van der Waals surface area contributed by atoms with E-state index in [-0.39, 0.29) is 0 Å². The molecule has 0 amide bonds. The lowest BCUT2D eigenvalue weighted by Crippen LogP contribution is -1.83. The van der Waals surface area contributed by atoms with Gasteiger partial charge in [-0.2, -0.15) is 23.5 Å². The minimum Gasteiger partial charge on any atom is -0.151 e. The van der Waals surface area contributed by atoms with Gasteiger partial charge in [0.1, 0.15) is 0 Å². The van der Waals surface area contributed by atoms with E-state index in [1.54, 1.807) is 0 Å². The second-order valence-electron chi connectivity index (χ2n) is 4.89. The average Bonchev–Trinajstić information content (AvgIpc) is 3.32. The van der Waals surface area contributed by atoms with Crippen molar-refractivity contribution in [1.29, 1.82) is 0 Å². The van der Waals surface area contributed by atoms with Crippen LogP contribution in [0.3, 0.4) is 0 Å². The van der Waals surface area contributed by atoms with Crippen LogP contribution in [0.5, 0.6) is 0 Å². The molecule has 2 heteroatoms. The molecule has 18 heavy (non-hydrogen) atoms. The standard InChI is InChI=1S/C16H14S2/c1-5-13(15-9-17-15)6-2-11(1)12-3-7-14(8-4-12)16-10-18-16/h1-8,15-16H,9-10H2. The zero-order valence-electron chi connectivity index (χ0n) is 10.0. The number of hydrogen-bond acceptors (Lipinski definition) is 2. The van der Waals surface area contributed by atoms with Gasteiger partial charge in [-0.1, -0.05) is 48.5 Å². The average molecular weight is 270 g/mol. The molecule has 2 unspecified atom stereocenters. The Kier molecular flexibility index (Phi) is 2.66. The largest absolute Gasteiger partial charge is 0.151 e. The van der Waals surface area contributed by atoms with Crippen molar-refractivity contribution < 1.29 is 0 Å². The molecule has 2 aliphatic heterocycles. The van der Waals surface area contributed by atoms with Crippen LogP contribution in [0.1, 0.15) is 21.6 Å². The Morgan fingerprint density at radius 1 is 0.611 bits per heavy atom. The normalized spacial score (nSPS) is 24.9. The molecule has 0 saturated carbocycles. The maximum atomic E-state index is 2.28. The number of hydrogen-bond donors (Lipinski definition) is 0. The van der Waals surface area contributed by atoms with Gasteiger partial charge in [0.2, 0.25) is 0 Å². The molecule has 2 aromatic rings. The first-order chi connectivity index (χ1) is 8.90. The van der Waals surface area contributed by atoms with Crippen LogP contribution < -0.4 is 0 Å². The maximum Gasteiger partial charge on any atom is 0.0388 e. The Bertz CT molecular complexity index is 495. The monoisotopic (exact) mass is 270 g/mol. The van der Waals surface area contributed by atoms with Gasteiger partial charge in [-0.3, -0.25) is 0 Å². The summed E-state index contributed by atoms with van der Waals surface area (Å²) in [5, 5.41) is 1.54. The van der Waals surface area contributed by atoms with E-state index in [1.807, 2.05) is 23.5 Å². The zero-order valence-corrected chi connectivity index (χ0v) is 11.6. The second-order valence-corrected chi connectivity index (χ2v) is 7.36. The first-order valence-corrected chi connectivity index (χ1v) is 8.43. The lowest BCUT2D eigenvalue weighted by Gasteiger charge is -2.04. The SMILES string of the molecule is c1cc(C2CS2)ccc1-c1ccc(C2CS2)cc1. The van der Waals surface area contributed by atoms with Gasteiger partial charge in [-0.25, -0.2) is 0 Å². The van der Waals surface area contributed by atoms with E-state index in [2.05, 4.69) is 48.5 Å². The van der Waals surface area contributed by atoms with Crippen molar-refractivity contribution in [2.75, 3.05) is 11.5 Å². The molecule has 2 fully saturated rings. The van der Waals surface area contributed by atoms with Crippen molar-refractivity contribution in [2.24, 2.45) is 0 Å². The van der Waals surface area contributed by atoms with E-state index in [0.29, 0.717) is 0 Å². The lowest BCUT2D eigenvalue weighted by atomic mass is 10.0. The molecule has 0 aromatic heterocycles. The van der Waals surface area contributed by atoms with Gasteiger partial charge in [-0.05, 0) is 22.3 Å². The highest BCUT2D eigenvalue weighted by Crippen LogP contribution is 2.47. The van der Waals surface area contributed by atoms with Gasteiger partial charge in [0.05, 0.1) is 0 Å². The Labute approximate surface area is 116 Å². The predicted molar refractivity (Wildman–Crippen MR) is 82.3 cm³/mol. The summed E-state index contributed by atoms with van der Waals surface area (Å²) in [4.78, 5) is 0. The molecule has 2 aromatic carbocycles. The fourth-order valence-electron chi connectivity index (χ4n) is 2.26. The van der Waals surface area contributed by atoms with Gasteiger partial charge >= 0.3 is 0 Å². The Morgan fingerprint density at radius 2 is 0.944 bits per heavy atom. The van der Waals surface area contributed by atoms with Crippen molar-refractivity contribution >= 4 is 23.5 Å². The quantitative estimate of drug-likeness (QED) is 0.725. The topological polar surface area (TPSA) is 0 Å². The summed E-state index contributed by atoms with van der Waals surface area (Å²) in [5.41, 5.74) is 5.63. The van der Waals surface area contributed by atoms with Crippen LogP contribution in [0.4, 0.5) is 0 Å². The van der Waals surface area contributed by atoms with Crippen LogP contribution in [0, 0.1) is 0 Å². The summed E-state index contributed by atoms with van der Waals surface area (Å²) < 4.78 is 0. The van der Waals surface area contributed by atoms with Crippen molar-refractivity contribution in [3.05, 3.63) is 59.7 Å². The molecule has 0 bridgehead atoms. The van der Waals surface area contributed by atoms with Crippen LogP contribution in [-0.4, -0.2) is 11.5 Å². The zero-order chi connectivity index (χ0) is 11.9. The molecule has 0 nitrogen and oxygen atoms in total. The summed E-state index contributed by atoms with van der Waals surface area (Å²) >= 11 is 4.07. The van der Waals surface area contributed by atoms with E-state index in [0.717, 1.165) is 10.5 Å². The van der Waals surface area contributed by atoms with Crippen LogP contribution in [0.15, 0.2) is 48.5 Å². The predicted octanol–water partition coefficient (Wildman–Crippen LogP) is 4.93. The number of benzene rings is 2. The highest BCUT2D eigenvalue weighted by Gasteiger charge is 2.25.